The molecule has 1 atom stereocenters. The summed E-state index contributed by atoms with van der Waals surface area (Å²) in [4.78, 5) is 14.8. The van der Waals surface area contributed by atoms with Gasteiger partial charge in [0, 0.05) is 19.1 Å². The Morgan fingerprint density at radius 3 is 1.93 bits per heavy atom. The molecule has 0 heterocycles. The zero-order chi connectivity index (χ0) is 31.6. The predicted molar refractivity (Wildman–Crippen MR) is 185 cm³/mol. The summed E-state index contributed by atoms with van der Waals surface area (Å²) < 4.78 is 11.5. The molecule has 252 valence electrons. The standard InChI is InChI=1S/C38H71NO4/c1-5-8-11-14-15-16-17-18-19-21-24-30-39(31-25-26-33-40)32-29-38(41)43-35-34-42-36(4)37(27-22-13-10-7-3)28-23-20-12-9-6-2/h5,11,14,37,40H,1,4,6-10,12-13,15-35H2,2-3H3/b14-11-. The Balaban J connectivity index is 4.26. The van der Waals surface area contributed by atoms with Gasteiger partial charge in [-0.1, -0.05) is 122 Å². The Bertz CT molecular complexity index is 662. The number of hydrogen-bond donors (Lipinski definition) is 1. The summed E-state index contributed by atoms with van der Waals surface area (Å²) in [6.07, 6.45) is 32.0. The number of aliphatic hydroxyl groups is 1. The third kappa shape index (κ3) is 28.9. The highest BCUT2D eigenvalue weighted by atomic mass is 16.6. The number of rotatable bonds is 34. The highest BCUT2D eigenvalue weighted by molar-refractivity contribution is 5.69. The van der Waals surface area contributed by atoms with Crippen molar-refractivity contribution >= 4 is 5.97 Å². The minimum atomic E-state index is -0.157. The number of aliphatic hydroxyl groups excluding tert-OH is 1. The molecule has 0 aromatic carbocycles. The fraction of sp³-hybridized carbons (Fsp3) is 0.816. The second kappa shape index (κ2) is 33.3. The van der Waals surface area contributed by atoms with Gasteiger partial charge < -0.3 is 19.5 Å². The number of unbranched alkanes of at least 4 members (excludes halogenated alkanes) is 14. The lowest BCUT2D eigenvalue weighted by Gasteiger charge is -2.22. The maximum absolute atomic E-state index is 12.5. The van der Waals surface area contributed by atoms with Gasteiger partial charge in [-0.05, 0) is 64.5 Å². The normalized spacial score (nSPS) is 12.2. The van der Waals surface area contributed by atoms with Gasteiger partial charge in [0.15, 0.2) is 0 Å². The lowest BCUT2D eigenvalue weighted by molar-refractivity contribution is -0.145. The van der Waals surface area contributed by atoms with E-state index in [9.17, 15) is 9.90 Å². The second-order valence-corrected chi connectivity index (χ2v) is 12.2. The van der Waals surface area contributed by atoms with Crippen LogP contribution in [0.2, 0.25) is 0 Å². The van der Waals surface area contributed by atoms with E-state index in [0.717, 1.165) is 57.4 Å². The van der Waals surface area contributed by atoms with Crippen molar-refractivity contribution in [2.75, 3.05) is 39.5 Å². The molecule has 0 fully saturated rings. The van der Waals surface area contributed by atoms with Gasteiger partial charge in [-0.25, -0.2) is 0 Å². The fourth-order valence-corrected chi connectivity index (χ4v) is 5.44. The van der Waals surface area contributed by atoms with E-state index in [2.05, 4.69) is 44.1 Å². The third-order valence-electron chi connectivity index (χ3n) is 8.23. The van der Waals surface area contributed by atoms with Crippen molar-refractivity contribution < 1.29 is 19.4 Å². The number of allylic oxidation sites excluding steroid dienone is 4. The number of carbonyl (C=O) groups is 1. The van der Waals surface area contributed by atoms with Crippen molar-refractivity contribution in [3.05, 3.63) is 37.1 Å². The highest BCUT2D eigenvalue weighted by Gasteiger charge is 2.15. The third-order valence-corrected chi connectivity index (χ3v) is 8.23. The van der Waals surface area contributed by atoms with Crippen molar-refractivity contribution in [3.8, 4) is 0 Å². The van der Waals surface area contributed by atoms with Gasteiger partial charge in [0.2, 0.25) is 0 Å². The van der Waals surface area contributed by atoms with Crippen LogP contribution in [0.3, 0.4) is 0 Å². The molecule has 0 radical (unpaired) electrons. The van der Waals surface area contributed by atoms with Crippen LogP contribution in [-0.2, 0) is 14.3 Å². The van der Waals surface area contributed by atoms with Crippen LogP contribution in [0.1, 0.15) is 155 Å². The number of nitrogens with zero attached hydrogens (tertiary/aromatic N) is 1. The molecule has 0 aromatic rings. The molecule has 0 aromatic heterocycles. The Labute approximate surface area is 267 Å². The average Bonchev–Trinajstić information content (AvgIpc) is 3.01. The number of esters is 1. The summed E-state index contributed by atoms with van der Waals surface area (Å²) in [5.74, 6) is 1.13. The van der Waals surface area contributed by atoms with E-state index in [1.807, 2.05) is 6.08 Å². The molecule has 0 saturated carbocycles. The van der Waals surface area contributed by atoms with E-state index < -0.39 is 0 Å². The molecule has 43 heavy (non-hydrogen) atoms. The maximum Gasteiger partial charge on any atom is 0.307 e. The van der Waals surface area contributed by atoms with Gasteiger partial charge in [-0.15, -0.1) is 6.58 Å². The first-order valence-corrected chi connectivity index (χ1v) is 18.1. The van der Waals surface area contributed by atoms with Gasteiger partial charge in [0.1, 0.15) is 13.2 Å². The molecule has 1 N–H and O–H groups in total. The maximum atomic E-state index is 12.5. The van der Waals surface area contributed by atoms with E-state index in [0.29, 0.717) is 25.5 Å². The first-order valence-electron chi connectivity index (χ1n) is 18.1. The van der Waals surface area contributed by atoms with Crippen molar-refractivity contribution in [1.29, 1.82) is 0 Å². The van der Waals surface area contributed by atoms with E-state index >= 15 is 0 Å². The monoisotopic (exact) mass is 606 g/mol. The van der Waals surface area contributed by atoms with Crippen molar-refractivity contribution in [3.63, 3.8) is 0 Å². The topological polar surface area (TPSA) is 59.0 Å². The molecular formula is C38H71NO4. The predicted octanol–water partition coefficient (Wildman–Crippen LogP) is 10.3. The van der Waals surface area contributed by atoms with Crippen LogP contribution < -0.4 is 0 Å². The largest absolute Gasteiger partial charge is 0.495 e. The summed E-state index contributed by atoms with van der Waals surface area (Å²) in [5, 5.41) is 9.19. The molecule has 0 spiro atoms. The van der Waals surface area contributed by atoms with Crippen LogP contribution in [0.5, 0.6) is 0 Å². The molecular weight excluding hydrogens is 534 g/mol. The molecule has 0 bridgehead atoms. The lowest BCUT2D eigenvalue weighted by atomic mass is 9.93. The minimum absolute atomic E-state index is 0.157. The molecule has 5 nitrogen and oxygen atoms in total. The Morgan fingerprint density at radius 1 is 0.721 bits per heavy atom. The fourth-order valence-electron chi connectivity index (χ4n) is 5.44. The molecule has 0 rings (SSSR count). The molecule has 0 aliphatic carbocycles. The number of ether oxygens (including phenoxy) is 2. The lowest BCUT2D eigenvalue weighted by Crippen LogP contribution is -2.29. The molecule has 0 aliphatic heterocycles. The Kier molecular flexibility index (Phi) is 32.1. The first kappa shape index (κ1) is 41.4. The SMILES string of the molecule is C=CC/C=C\CCCCCCCCN(CCCCO)CCC(=O)OCCOC(=C)C(CCCCCC)CCCCCCC. The zero-order valence-electron chi connectivity index (χ0n) is 28.6. The molecule has 0 amide bonds. The van der Waals surface area contributed by atoms with Crippen molar-refractivity contribution in [2.45, 2.75) is 155 Å². The van der Waals surface area contributed by atoms with Crippen molar-refractivity contribution in [2.24, 2.45) is 5.92 Å². The summed E-state index contributed by atoms with van der Waals surface area (Å²) in [6.45, 7) is 16.0. The first-order chi connectivity index (χ1) is 21.1. The zero-order valence-corrected chi connectivity index (χ0v) is 28.6. The van der Waals surface area contributed by atoms with Gasteiger partial charge in [0.25, 0.3) is 0 Å². The molecule has 0 saturated heterocycles. The summed E-state index contributed by atoms with van der Waals surface area (Å²) in [6, 6.07) is 0. The summed E-state index contributed by atoms with van der Waals surface area (Å²) in [5.41, 5.74) is 0. The molecule has 5 heteroatoms. The number of hydrogen-bond acceptors (Lipinski definition) is 5. The number of carbonyl (C=O) groups excluding carboxylic acids is 1. The van der Waals surface area contributed by atoms with Gasteiger partial charge in [0.05, 0.1) is 12.2 Å². The van der Waals surface area contributed by atoms with Crippen LogP contribution in [0.4, 0.5) is 0 Å². The highest BCUT2D eigenvalue weighted by Crippen LogP contribution is 2.25. The van der Waals surface area contributed by atoms with E-state index in [1.54, 1.807) is 0 Å². The van der Waals surface area contributed by atoms with Crippen LogP contribution in [0.25, 0.3) is 0 Å². The average molecular weight is 606 g/mol. The van der Waals surface area contributed by atoms with Crippen LogP contribution >= 0.6 is 0 Å². The Hall–Kier alpha value is -1.59. The smallest absolute Gasteiger partial charge is 0.307 e. The molecule has 0 aliphatic rings. The van der Waals surface area contributed by atoms with Gasteiger partial charge in [-0.3, -0.25) is 4.79 Å². The van der Waals surface area contributed by atoms with E-state index in [-0.39, 0.29) is 19.2 Å². The second-order valence-electron chi connectivity index (χ2n) is 12.2. The van der Waals surface area contributed by atoms with Crippen molar-refractivity contribution in [1.82, 2.24) is 4.90 Å². The van der Waals surface area contributed by atoms with Gasteiger partial charge >= 0.3 is 5.97 Å². The minimum Gasteiger partial charge on any atom is -0.495 e. The summed E-state index contributed by atoms with van der Waals surface area (Å²) in [7, 11) is 0. The Morgan fingerprint density at radius 2 is 1.28 bits per heavy atom. The van der Waals surface area contributed by atoms with Crippen LogP contribution in [0, 0.1) is 5.92 Å². The van der Waals surface area contributed by atoms with E-state index in [1.165, 1.54) is 96.3 Å². The van der Waals surface area contributed by atoms with E-state index in [4.69, 9.17) is 9.47 Å². The van der Waals surface area contributed by atoms with Crippen LogP contribution in [0.15, 0.2) is 37.1 Å². The van der Waals surface area contributed by atoms with Crippen LogP contribution in [-0.4, -0.2) is 55.4 Å². The quantitative estimate of drug-likeness (QED) is 0.0342. The summed E-state index contributed by atoms with van der Waals surface area (Å²) >= 11 is 0. The van der Waals surface area contributed by atoms with Gasteiger partial charge in [-0.2, -0.15) is 0 Å². The molecule has 1 unspecified atom stereocenters.